The van der Waals surface area contributed by atoms with Crippen LogP contribution >= 0.6 is 22.6 Å². The summed E-state index contributed by atoms with van der Waals surface area (Å²) in [6, 6.07) is 3.91. The van der Waals surface area contributed by atoms with Gasteiger partial charge in [0.1, 0.15) is 29.1 Å². The van der Waals surface area contributed by atoms with Gasteiger partial charge in [-0.2, -0.15) is 5.26 Å². The van der Waals surface area contributed by atoms with E-state index in [1.165, 1.54) is 0 Å². The molecule has 1 aliphatic rings. The molecule has 102 valence electrons. The number of aryl methyl sites for hydroxylation is 2. The molecule has 1 aromatic carbocycles. The van der Waals surface area contributed by atoms with E-state index in [1.54, 1.807) is 6.92 Å². The largest absolute Gasteiger partial charge is 0.489 e. The Morgan fingerprint density at radius 3 is 2.85 bits per heavy atom. The van der Waals surface area contributed by atoms with Gasteiger partial charge in [-0.1, -0.05) is 22.6 Å². The molecule has 1 aromatic heterocycles. The second-order valence-electron chi connectivity index (χ2n) is 4.97. The molecule has 20 heavy (non-hydrogen) atoms. The standard InChI is InChI=1S/C15H12INO3/c1-7-11-4-9-3-10(5-16)19-13(9)8(2)14(11)20-15(18)12(7)6-17/h4,10H,3,5H2,1-2H3. The number of benzene rings is 1. The first kappa shape index (κ1) is 13.4. The molecule has 2 aromatic rings. The van der Waals surface area contributed by atoms with E-state index in [2.05, 4.69) is 22.6 Å². The van der Waals surface area contributed by atoms with Crippen LogP contribution in [0.15, 0.2) is 15.3 Å². The molecular formula is C15H12INO3. The summed E-state index contributed by atoms with van der Waals surface area (Å²) in [5, 5.41) is 9.89. The third kappa shape index (κ3) is 1.82. The van der Waals surface area contributed by atoms with Crippen LogP contribution in [0.1, 0.15) is 22.3 Å². The van der Waals surface area contributed by atoms with Crippen molar-refractivity contribution in [2.75, 3.05) is 4.43 Å². The predicted octanol–water partition coefficient (Wildman–Crippen LogP) is 3.02. The lowest BCUT2D eigenvalue weighted by Gasteiger charge is -2.10. The van der Waals surface area contributed by atoms with Gasteiger partial charge in [-0.3, -0.25) is 0 Å². The lowest BCUT2D eigenvalue weighted by Crippen LogP contribution is -2.13. The van der Waals surface area contributed by atoms with Crippen molar-refractivity contribution in [1.29, 1.82) is 5.26 Å². The van der Waals surface area contributed by atoms with Gasteiger partial charge in [0.15, 0.2) is 0 Å². The van der Waals surface area contributed by atoms with Crippen molar-refractivity contribution in [3.8, 4) is 11.8 Å². The van der Waals surface area contributed by atoms with Crippen molar-refractivity contribution in [3.05, 3.63) is 38.7 Å². The number of rotatable bonds is 1. The zero-order valence-corrected chi connectivity index (χ0v) is 13.3. The van der Waals surface area contributed by atoms with Crippen LogP contribution in [0.3, 0.4) is 0 Å². The minimum atomic E-state index is -0.580. The Balaban J connectivity index is 2.37. The fourth-order valence-corrected chi connectivity index (χ4v) is 3.17. The van der Waals surface area contributed by atoms with Gasteiger partial charge in [-0.25, -0.2) is 4.79 Å². The molecule has 4 nitrogen and oxygen atoms in total. The van der Waals surface area contributed by atoms with E-state index < -0.39 is 5.63 Å². The summed E-state index contributed by atoms with van der Waals surface area (Å²) in [5.74, 6) is 0.825. The SMILES string of the molecule is Cc1c(C#N)c(=O)oc2c(C)c3c(cc12)CC(CI)O3. The van der Waals surface area contributed by atoms with Gasteiger partial charge in [0.25, 0.3) is 0 Å². The molecule has 0 amide bonds. The number of nitriles is 1. The van der Waals surface area contributed by atoms with Crippen LogP contribution in [-0.4, -0.2) is 10.5 Å². The van der Waals surface area contributed by atoms with E-state index in [0.717, 1.165) is 33.1 Å². The summed E-state index contributed by atoms with van der Waals surface area (Å²) >= 11 is 2.30. The Kier molecular flexibility index (Phi) is 3.21. The molecule has 1 aliphatic heterocycles. The van der Waals surface area contributed by atoms with Gasteiger partial charge in [0.2, 0.25) is 0 Å². The number of fused-ring (bicyclic) bond motifs is 2. The summed E-state index contributed by atoms with van der Waals surface area (Å²) in [4.78, 5) is 11.8. The predicted molar refractivity (Wildman–Crippen MR) is 83.7 cm³/mol. The minimum absolute atomic E-state index is 0.0845. The smallest absolute Gasteiger partial charge is 0.354 e. The fraction of sp³-hybridized carbons (Fsp3) is 0.333. The fourth-order valence-electron chi connectivity index (χ4n) is 2.68. The molecule has 1 atom stereocenters. The zero-order valence-electron chi connectivity index (χ0n) is 11.1. The molecule has 0 saturated carbocycles. The molecule has 0 bridgehead atoms. The summed E-state index contributed by atoms with van der Waals surface area (Å²) in [7, 11) is 0. The highest BCUT2D eigenvalue weighted by Crippen LogP contribution is 2.38. The topological polar surface area (TPSA) is 63.2 Å². The molecule has 0 radical (unpaired) electrons. The Hall–Kier alpha value is -1.55. The second-order valence-corrected chi connectivity index (χ2v) is 5.85. The monoisotopic (exact) mass is 381 g/mol. The first-order valence-electron chi connectivity index (χ1n) is 6.29. The number of hydrogen-bond acceptors (Lipinski definition) is 4. The van der Waals surface area contributed by atoms with E-state index in [1.807, 2.05) is 19.1 Å². The van der Waals surface area contributed by atoms with Gasteiger partial charge in [-0.15, -0.1) is 0 Å². The third-order valence-electron chi connectivity index (χ3n) is 3.73. The van der Waals surface area contributed by atoms with Crippen LogP contribution in [0.25, 0.3) is 11.0 Å². The molecular weight excluding hydrogens is 369 g/mol. The first-order chi connectivity index (χ1) is 9.56. The molecule has 0 saturated heterocycles. The van der Waals surface area contributed by atoms with Gasteiger partial charge >= 0.3 is 5.63 Å². The Bertz CT molecular complexity index is 817. The molecule has 0 spiro atoms. The van der Waals surface area contributed by atoms with Crippen LogP contribution in [0, 0.1) is 25.2 Å². The number of hydrogen-bond donors (Lipinski definition) is 0. The van der Waals surface area contributed by atoms with Crippen molar-refractivity contribution in [3.63, 3.8) is 0 Å². The van der Waals surface area contributed by atoms with Crippen molar-refractivity contribution in [2.24, 2.45) is 0 Å². The van der Waals surface area contributed by atoms with Gasteiger partial charge < -0.3 is 9.15 Å². The maximum absolute atomic E-state index is 11.8. The second kappa shape index (κ2) is 4.77. The van der Waals surface area contributed by atoms with Crippen LogP contribution < -0.4 is 10.4 Å². The Labute approximate surface area is 129 Å². The van der Waals surface area contributed by atoms with Crippen molar-refractivity contribution in [2.45, 2.75) is 26.4 Å². The van der Waals surface area contributed by atoms with Crippen LogP contribution in [0.4, 0.5) is 0 Å². The highest BCUT2D eigenvalue weighted by molar-refractivity contribution is 14.1. The highest BCUT2D eigenvalue weighted by atomic mass is 127. The van der Waals surface area contributed by atoms with Crippen LogP contribution in [-0.2, 0) is 6.42 Å². The zero-order chi connectivity index (χ0) is 14.4. The summed E-state index contributed by atoms with van der Waals surface area (Å²) in [5.41, 5.74) is 2.68. The number of halogens is 1. The first-order valence-corrected chi connectivity index (χ1v) is 7.82. The normalized spacial score (nSPS) is 16.8. The average molecular weight is 381 g/mol. The van der Waals surface area contributed by atoms with Crippen molar-refractivity contribution >= 4 is 33.6 Å². The van der Waals surface area contributed by atoms with Gasteiger partial charge in [0.05, 0.1) is 0 Å². The molecule has 0 aliphatic carbocycles. The summed E-state index contributed by atoms with van der Waals surface area (Å²) in [6.45, 7) is 3.68. The molecule has 0 fully saturated rings. The van der Waals surface area contributed by atoms with E-state index in [-0.39, 0.29) is 11.7 Å². The number of alkyl halides is 1. The van der Waals surface area contributed by atoms with Crippen molar-refractivity contribution in [1.82, 2.24) is 0 Å². The maximum atomic E-state index is 11.8. The quantitative estimate of drug-likeness (QED) is 0.433. The number of nitrogens with zero attached hydrogens (tertiary/aromatic N) is 1. The molecule has 0 N–H and O–H groups in total. The van der Waals surface area contributed by atoms with Crippen molar-refractivity contribution < 1.29 is 9.15 Å². The lowest BCUT2D eigenvalue weighted by molar-refractivity contribution is 0.261. The molecule has 2 heterocycles. The Morgan fingerprint density at radius 2 is 2.20 bits per heavy atom. The van der Waals surface area contributed by atoms with Crippen LogP contribution in [0.5, 0.6) is 5.75 Å². The van der Waals surface area contributed by atoms with Gasteiger partial charge in [-0.05, 0) is 31.0 Å². The number of ether oxygens (including phenoxy) is 1. The summed E-state index contributed by atoms with van der Waals surface area (Å²) < 4.78 is 12.1. The molecule has 1 unspecified atom stereocenters. The van der Waals surface area contributed by atoms with E-state index in [9.17, 15) is 4.79 Å². The molecule has 5 heteroatoms. The molecule has 3 rings (SSSR count). The van der Waals surface area contributed by atoms with Crippen LogP contribution in [0.2, 0.25) is 0 Å². The minimum Gasteiger partial charge on any atom is -0.489 e. The van der Waals surface area contributed by atoms with E-state index >= 15 is 0 Å². The van der Waals surface area contributed by atoms with E-state index in [4.69, 9.17) is 14.4 Å². The maximum Gasteiger partial charge on any atom is 0.354 e. The average Bonchev–Trinajstić information content (AvgIpc) is 2.85. The third-order valence-corrected chi connectivity index (χ3v) is 4.71. The lowest BCUT2D eigenvalue weighted by atomic mass is 9.99. The Morgan fingerprint density at radius 1 is 1.45 bits per heavy atom. The highest BCUT2D eigenvalue weighted by Gasteiger charge is 2.27. The van der Waals surface area contributed by atoms with Gasteiger partial charge in [0, 0.05) is 21.8 Å². The summed E-state index contributed by atoms with van der Waals surface area (Å²) in [6.07, 6.45) is 1.03. The van der Waals surface area contributed by atoms with E-state index in [0.29, 0.717) is 11.1 Å².